The van der Waals surface area contributed by atoms with Gasteiger partial charge in [0, 0.05) is 21.0 Å². The molecule has 3 aromatic rings. The summed E-state index contributed by atoms with van der Waals surface area (Å²) in [7, 11) is 0. The number of hydrogen-bond donors (Lipinski definition) is 1. The van der Waals surface area contributed by atoms with E-state index < -0.39 is 5.97 Å². The van der Waals surface area contributed by atoms with Crippen LogP contribution in [-0.4, -0.2) is 16.1 Å². The number of aromatic nitrogens is 1. The summed E-state index contributed by atoms with van der Waals surface area (Å²) in [5.74, 6) is -0.992. The first-order chi connectivity index (χ1) is 11.1. The van der Waals surface area contributed by atoms with Crippen LogP contribution in [0.1, 0.15) is 21.6 Å². The van der Waals surface area contributed by atoms with E-state index in [0.717, 1.165) is 0 Å². The molecule has 1 aromatic heterocycles. The highest BCUT2D eigenvalue weighted by Crippen LogP contribution is 2.27. The fourth-order valence-corrected chi connectivity index (χ4v) is 2.82. The van der Waals surface area contributed by atoms with Gasteiger partial charge in [0.2, 0.25) is 0 Å². The molecule has 0 fully saturated rings. The molecule has 114 valence electrons. The van der Waals surface area contributed by atoms with Crippen molar-refractivity contribution in [3.63, 3.8) is 0 Å². The standard InChI is InChI=1S/C18H11Cl2NO2/c19-15-5-3-6-16(20)13(15)9-8-11-10-14(18(22)23)12-4-1-2-7-17(12)21-11/h1-10H,(H,22,23). The van der Waals surface area contributed by atoms with Crippen molar-refractivity contribution in [1.82, 2.24) is 4.98 Å². The number of benzene rings is 2. The Morgan fingerprint density at radius 3 is 2.39 bits per heavy atom. The van der Waals surface area contributed by atoms with Gasteiger partial charge in [-0.3, -0.25) is 0 Å². The first-order valence-electron chi connectivity index (χ1n) is 6.81. The van der Waals surface area contributed by atoms with Crippen LogP contribution in [0.4, 0.5) is 0 Å². The van der Waals surface area contributed by atoms with Gasteiger partial charge in [0.25, 0.3) is 0 Å². The molecule has 2 aromatic carbocycles. The second-order valence-corrected chi connectivity index (χ2v) is 5.70. The number of pyridine rings is 1. The van der Waals surface area contributed by atoms with Crippen LogP contribution in [-0.2, 0) is 0 Å². The van der Waals surface area contributed by atoms with Crippen LogP contribution >= 0.6 is 23.2 Å². The Balaban J connectivity index is 2.10. The number of rotatable bonds is 3. The minimum atomic E-state index is -0.992. The SMILES string of the molecule is O=C(O)c1cc(C=Cc2c(Cl)cccc2Cl)nc2ccccc12. The van der Waals surface area contributed by atoms with Crippen LogP contribution < -0.4 is 0 Å². The minimum absolute atomic E-state index is 0.209. The summed E-state index contributed by atoms with van der Waals surface area (Å²) in [4.78, 5) is 15.9. The Morgan fingerprint density at radius 2 is 1.70 bits per heavy atom. The van der Waals surface area contributed by atoms with E-state index in [-0.39, 0.29) is 5.56 Å². The van der Waals surface area contributed by atoms with Crippen LogP contribution in [0.15, 0.2) is 48.5 Å². The lowest BCUT2D eigenvalue weighted by atomic mass is 10.1. The molecule has 23 heavy (non-hydrogen) atoms. The molecule has 3 nitrogen and oxygen atoms in total. The topological polar surface area (TPSA) is 50.2 Å². The number of carboxylic acids is 1. The Bertz CT molecular complexity index is 915. The largest absolute Gasteiger partial charge is 0.478 e. The van der Waals surface area contributed by atoms with Gasteiger partial charge in [-0.15, -0.1) is 0 Å². The Morgan fingerprint density at radius 1 is 1.00 bits per heavy atom. The maximum atomic E-state index is 11.5. The van der Waals surface area contributed by atoms with E-state index in [0.29, 0.717) is 32.2 Å². The molecule has 0 amide bonds. The molecular formula is C18H11Cl2NO2. The smallest absolute Gasteiger partial charge is 0.336 e. The summed E-state index contributed by atoms with van der Waals surface area (Å²) in [6.45, 7) is 0. The zero-order valence-electron chi connectivity index (χ0n) is 11.8. The van der Waals surface area contributed by atoms with Gasteiger partial charge in [0.1, 0.15) is 0 Å². The van der Waals surface area contributed by atoms with Crippen LogP contribution in [0.2, 0.25) is 10.0 Å². The van der Waals surface area contributed by atoms with Crippen LogP contribution in [0.5, 0.6) is 0 Å². The maximum absolute atomic E-state index is 11.5. The van der Waals surface area contributed by atoms with E-state index in [1.165, 1.54) is 6.07 Å². The summed E-state index contributed by atoms with van der Waals surface area (Å²) in [5, 5.41) is 11.0. The summed E-state index contributed by atoms with van der Waals surface area (Å²) in [6.07, 6.45) is 3.43. The molecule has 0 aliphatic rings. The predicted molar refractivity (Wildman–Crippen MR) is 94.1 cm³/mol. The van der Waals surface area contributed by atoms with Crippen molar-refractivity contribution in [2.75, 3.05) is 0 Å². The number of para-hydroxylation sites is 1. The van der Waals surface area contributed by atoms with E-state index >= 15 is 0 Å². The molecule has 5 heteroatoms. The van der Waals surface area contributed by atoms with Gasteiger partial charge in [0.15, 0.2) is 0 Å². The quantitative estimate of drug-likeness (QED) is 0.691. The fourth-order valence-electron chi connectivity index (χ4n) is 2.30. The second-order valence-electron chi connectivity index (χ2n) is 4.89. The molecule has 0 spiro atoms. The van der Waals surface area contributed by atoms with Crippen molar-refractivity contribution in [3.05, 3.63) is 75.4 Å². The van der Waals surface area contributed by atoms with E-state index in [4.69, 9.17) is 23.2 Å². The van der Waals surface area contributed by atoms with E-state index in [9.17, 15) is 9.90 Å². The molecule has 0 saturated heterocycles. The number of carboxylic acid groups (broad SMARTS) is 1. The Hall–Kier alpha value is -2.36. The lowest BCUT2D eigenvalue weighted by Crippen LogP contribution is -2.00. The first kappa shape index (κ1) is 15.5. The van der Waals surface area contributed by atoms with E-state index in [1.54, 1.807) is 48.6 Å². The van der Waals surface area contributed by atoms with Gasteiger partial charge < -0.3 is 5.11 Å². The highest BCUT2D eigenvalue weighted by Gasteiger charge is 2.10. The zero-order valence-corrected chi connectivity index (χ0v) is 13.3. The van der Waals surface area contributed by atoms with Gasteiger partial charge in [-0.05, 0) is 36.4 Å². The molecule has 0 bridgehead atoms. The molecular weight excluding hydrogens is 333 g/mol. The zero-order chi connectivity index (χ0) is 16.4. The van der Waals surface area contributed by atoms with E-state index in [2.05, 4.69) is 4.98 Å². The molecule has 3 rings (SSSR count). The summed E-state index contributed by atoms with van der Waals surface area (Å²) < 4.78 is 0. The first-order valence-corrected chi connectivity index (χ1v) is 7.57. The third-order valence-corrected chi connectivity index (χ3v) is 4.05. The van der Waals surface area contributed by atoms with Crippen LogP contribution in [0.25, 0.3) is 23.1 Å². The van der Waals surface area contributed by atoms with Crippen molar-refractivity contribution in [1.29, 1.82) is 0 Å². The number of aromatic carboxylic acids is 1. The average Bonchev–Trinajstić information content (AvgIpc) is 2.53. The van der Waals surface area contributed by atoms with Gasteiger partial charge >= 0.3 is 5.97 Å². The number of carbonyl (C=O) groups is 1. The third kappa shape index (κ3) is 3.21. The highest BCUT2D eigenvalue weighted by molar-refractivity contribution is 6.37. The molecule has 1 heterocycles. The fraction of sp³-hybridized carbons (Fsp3) is 0. The molecule has 0 radical (unpaired) electrons. The maximum Gasteiger partial charge on any atom is 0.336 e. The van der Waals surface area contributed by atoms with E-state index in [1.807, 2.05) is 6.07 Å². The molecule has 1 N–H and O–H groups in total. The summed E-state index contributed by atoms with van der Waals surface area (Å²) in [6, 6.07) is 13.9. The molecule has 0 aliphatic carbocycles. The van der Waals surface area contributed by atoms with Crippen molar-refractivity contribution in [2.24, 2.45) is 0 Å². The van der Waals surface area contributed by atoms with Crippen LogP contribution in [0.3, 0.4) is 0 Å². The third-order valence-electron chi connectivity index (χ3n) is 3.39. The number of fused-ring (bicyclic) bond motifs is 1. The van der Waals surface area contributed by atoms with Gasteiger partial charge in [-0.2, -0.15) is 0 Å². The lowest BCUT2D eigenvalue weighted by Gasteiger charge is -2.05. The number of halogens is 2. The Kier molecular flexibility index (Phi) is 4.33. The molecule has 0 unspecified atom stereocenters. The molecule has 0 atom stereocenters. The summed E-state index contributed by atoms with van der Waals surface area (Å²) in [5.41, 5.74) is 2.03. The van der Waals surface area contributed by atoms with Gasteiger partial charge in [-0.25, -0.2) is 9.78 Å². The predicted octanol–water partition coefficient (Wildman–Crippen LogP) is 5.41. The normalized spacial score (nSPS) is 11.2. The lowest BCUT2D eigenvalue weighted by molar-refractivity contribution is 0.0699. The molecule has 0 saturated carbocycles. The monoisotopic (exact) mass is 343 g/mol. The average molecular weight is 344 g/mol. The van der Waals surface area contributed by atoms with Crippen molar-refractivity contribution < 1.29 is 9.90 Å². The number of hydrogen-bond acceptors (Lipinski definition) is 2. The Labute approximate surface area is 142 Å². The minimum Gasteiger partial charge on any atom is -0.478 e. The molecule has 0 aliphatic heterocycles. The van der Waals surface area contributed by atoms with Crippen molar-refractivity contribution >= 4 is 52.2 Å². The van der Waals surface area contributed by atoms with Crippen LogP contribution in [0, 0.1) is 0 Å². The second kappa shape index (κ2) is 6.41. The highest BCUT2D eigenvalue weighted by atomic mass is 35.5. The van der Waals surface area contributed by atoms with Gasteiger partial charge in [0.05, 0.1) is 16.8 Å². The summed E-state index contributed by atoms with van der Waals surface area (Å²) >= 11 is 12.2. The van der Waals surface area contributed by atoms with Crippen molar-refractivity contribution in [3.8, 4) is 0 Å². The van der Waals surface area contributed by atoms with Gasteiger partial charge in [-0.1, -0.05) is 47.5 Å². The van der Waals surface area contributed by atoms with Crippen molar-refractivity contribution in [2.45, 2.75) is 0 Å². The number of nitrogens with zero attached hydrogens (tertiary/aromatic N) is 1.